The summed E-state index contributed by atoms with van der Waals surface area (Å²) >= 11 is 0. The number of aryl methyl sites for hydroxylation is 1. The van der Waals surface area contributed by atoms with E-state index in [1.165, 1.54) is 18.9 Å². The van der Waals surface area contributed by atoms with Gasteiger partial charge in [0.1, 0.15) is 18.0 Å². The number of unbranched alkanes of at least 4 members (excludes halogenated alkanes) is 1. The first-order valence-electron chi connectivity index (χ1n) is 21.1. The molecule has 0 saturated carbocycles. The van der Waals surface area contributed by atoms with E-state index >= 15 is 4.39 Å². The maximum Gasteiger partial charge on any atom is 0.410 e. The second kappa shape index (κ2) is 19.3. The number of amides is 1. The molecule has 5 heterocycles. The molecule has 3 fully saturated rings. The highest BCUT2D eigenvalue weighted by Crippen LogP contribution is 2.43. The van der Waals surface area contributed by atoms with E-state index in [0.717, 1.165) is 18.2 Å². The molecule has 60 heavy (non-hydrogen) atoms. The minimum atomic E-state index is -3.19. The van der Waals surface area contributed by atoms with Gasteiger partial charge in [-0.25, -0.2) is 19.0 Å². The van der Waals surface area contributed by atoms with E-state index in [9.17, 15) is 24.3 Å². The molecule has 1 unspecified atom stereocenters. The summed E-state index contributed by atoms with van der Waals surface area (Å²) in [6.45, 7) is 17.4. The lowest BCUT2D eigenvalue weighted by atomic mass is 9.73. The predicted molar refractivity (Wildman–Crippen MR) is 219 cm³/mol. The van der Waals surface area contributed by atoms with Crippen LogP contribution in [0.25, 0.3) is 11.3 Å². The van der Waals surface area contributed by atoms with Crippen molar-refractivity contribution in [3.63, 3.8) is 0 Å². The molecule has 2 aromatic heterocycles. The fourth-order valence-electron chi connectivity index (χ4n) is 9.39. The fraction of sp³-hybridized carbons (Fsp3) is 0.682. The number of rotatable bonds is 13. The van der Waals surface area contributed by atoms with Crippen molar-refractivity contribution in [3.8, 4) is 11.3 Å². The number of Topliss-reactive ketones (excluding diaryl/α,β-unsaturated/α-hetero) is 2. The van der Waals surface area contributed by atoms with E-state index in [1.807, 2.05) is 29.8 Å². The summed E-state index contributed by atoms with van der Waals surface area (Å²) in [6.07, 6.45) is 4.34. The highest BCUT2D eigenvalue weighted by molar-refractivity contribution is 6.08. The number of methoxy groups -OCH3 is 1. The van der Waals surface area contributed by atoms with E-state index in [0.29, 0.717) is 32.4 Å². The van der Waals surface area contributed by atoms with Crippen molar-refractivity contribution in [3.05, 3.63) is 49.7 Å². The Morgan fingerprint density at radius 1 is 1.07 bits per heavy atom. The third kappa shape index (κ3) is 9.67. The normalized spacial score (nSPS) is 37.0. The van der Waals surface area contributed by atoms with Crippen molar-refractivity contribution in [2.45, 2.75) is 154 Å². The number of hydrogen-bond donors (Lipinski definition) is 2. The number of ketones is 2. The molecule has 0 aromatic carbocycles. The Morgan fingerprint density at radius 2 is 1.75 bits per heavy atom. The summed E-state index contributed by atoms with van der Waals surface area (Å²) in [5.41, 5.74) is -4.50. The third-order valence-corrected chi connectivity index (χ3v) is 12.7. The molecule has 0 bridgehead atoms. The number of halogens is 1. The Bertz CT molecular complexity index is 1830. The van der Waals surface area contributed by atoms with Crippen LogP contribution >= 0.6 is 0 Å². The van der Waals surface area contributed by atoms with Gasteiger partial charge in [-0.1, -0.05) is 33.8 Å². The summed E-state index contributed by atoms with van der Waals surface area (Å²) in [5, 5.41) is 14.6. The molecule has 2 N–H and O–H groups in total. The molecule has 13 atom stereocenters. The predicted octanol–water partition coefficient (Wildman–Crippen LogP) is 5.24. The zero-order valence-corrected chi connectivity index (χ0v) is 36.5. The summed E-state index contributed by atoms with van der Waals surface area (Å²) in [6, 6.07) is 2.36. The Hall–Kier alpha value is -4.09. The lowest BCUT2D eigenvalue weighted by Crippen LogP contribution is -2.62. The van der Waals surface area contributed by atoms with Crippen LogP contribution in [0.4, 0.5) is 9.18 Å². The smallest absolute Gasteiger partial charge is 0.410 e. The standard InChI is InChI=1S/C44H64FN5O10/c1-11-17-47-31-22-27(4)57-39(35(31)52)59-38-29(6)37(53)43(8,45)40(54)58-33(12-2)44(9)36(28(5)34(51)26(3)23-42(38,7)56-10)50(41(55)60-44)21-14-13-20-49-24-32(48-25-49)30-15-18-46-19-16-30/h11,15-16,18-19,24-29,31,33,35-36,38-39,47,52H,1,12-14,17,20-23H2,2-10H3/t26-,27-,28+,29+,31+,33-,35+,36?,38-,39+,42-,43+,44-/m1/s1. The van der Waals surface area contributed by atoms with Crippen LogP contribution in [0.5, 0.6) is 0 Å². The van der Waals surface area contributed by atoms with Crippen LogP contribution in [0.1, 0.15) is 87.5 Å². The Morgan fingerprint density at radius 3 is 2.40 bits per heavy atom. The maximum absolute atomic E-state index is 16.9. The Labute approximate surface area is 352 Å². The van der Waals surface area contributed by atoms with Crippen molar-refractivity contribution in [1.82, 2.24) is 24.8 Å². The zero-order valence-electron chi connectivity index (χ0n) is 36.5. The lowest BCUT2D eigenvalue weighted by molar-refractivity contribution is -0.290. The van der Waals surface area contributed by atoms with Crippen LogP contribution in [0.3, 0.4) is 0 Å². The van der Waals surface area contributed by atoms with E-state index in [1.54, 1.807) is 59.4 Å². The van der Waals surface area contributed by atoms with Crippen LogP contribution < -0.4 is 5.32 Å². The highest BCUT2D eigenvalue weighted by Gasteiger charge is 2.61. The molecule has 0 radical (unpaired) electrons. The van der Waals surface area contributed by atoms with Crippen LogP contribution in [0, 0.1) is 17.8 Å². The van der Waals surface area contributed by atoms with Crippen molar-refractivity contribution >= 4 is 23.6 Å². The van der Waals surface area contributed by atoms with Gasteiger partial charge in [0, 0.05) is 74.7 Å². The first kappa shape index (κ1) is 47.0. The topological polar surface area (TPSA) is 181 Å². The number of alkyl halides is 1. The fourth-order valence-corrected chi connectivity index (χ4v) is 9.39. The maximum atomic E-state index is 16.9. The molecule has 3 aliphatic rings. The monoisotopic (exact) mass is 841 g/mol. The first-order chi connectivity index (χ1) is 28.3. The molecule has 332 valence electrons. The van der Waals surface area contributed by atoms with Crippen molar-refractivity contribution < 1.29 is 52.4 Å². The molecule has 16 heteroatoms. The van der Waals surface area contributed by atoms with Gasteiger partial charge in [0.05, 0.1) is 35.9 Å². The average Bonchev–Trinajstić information content (AvgIpc) is 3.80. The van der Waals surface area contributed by atoms with Gasteiger partial charge in [-0.2, -0.15) is 0 Å². The summed E-state index contributed by atoms with van der Waals surface area (Å²) in [7, 11) is 1.40. The van der Waals surface area contributed by atoms with Crippen molar-refractivity contribution in [1.29, 1.82) is 0 Å². The highest BCUT2D eigenvalue weighted by atomic mass is 19.1. The number of fused-ring (bicyclic) bond motifs is 1. The van der Waals surface area contributed by atoms with E-state index < -0.39 is 89.2 Å². The number of ether oxygens (including phenoxy) is 5. The van der Waals surface area contributed by atoms with Gasteiger partial charge >= 0.3 is 12.1 Å². The summed E-state index contributed by atoms with van der Waals surface area (Å²) in [4.78, 5) is 66.8. The van der Waals surface area contributed by atoms with Gasteiger partial charge < -0.3 is 43.6 Å². The molecule has 0 spiro atoms. The molecule has 0 aliphatic carbocycles. The number of esters is 1. The SMILES string of the molecule is C=CCN[C@H]1C[C@@H](C)O[C@@H](O[C@@H]2[C@@H](C)C(=O)[C@](C)(F)C(=O)O[C@H](CC)[C@@]3(C)OC(=O)N(CCCCn4cnc(-c5ccncc5)c4)C3[C@@H](C)C(=O)[C@H](C)C[C@@]2(C)OC)[C@H]1O. The molecule has 3 aliphatic heterocycles. The zero-order chi connectivity index (χ0) is 44.2. The largest absolute Gasteiger partial charge is 0.455 e. The minimum Gasteiger partial charge on any atom is -0.455 e. The number of cyclic esters (lactones) is 1. The second-order valence-corrected chi connectivity index (χ2v) is 17.3. The number of nitrogens with zero attached hydrogens (tertiary/aromatic N) is 4. The molecule has 1 amide bonds. The lowest BCUT2D eigenvalue weighted by Gasteiger charge is -2.46. The number of aliphatic hydroxyl groups excluding tert-OH is 1. The van der Waals surface area contributed by atoms with E-state index in [4.69, 9.17) is 23.7 Å². The molecule has 2 aromatic rings. The molecule has 15 nitrogen and oxygen atoms in total. The van der Waals surface area contributed by atoms with Crippen molar-refractivity contribution in [2.75, 3.05) is 20.2 Å². The summed E-state index contributed by atoms with van der Waals surface area (Å²) in [5.74, 6) is -5.84. The molecular formula is C44H64FN5O10. The van der Waals surface area contributed by atoms with E-state index in [-0.39, 0.29) is 31.3 Å². The molecular weight excluding hydrogens is 778 g/mol. The van der Waals surface area contributed by atoms with Crippen LogP contribution in [0.15, 0.2) is 49.7 Å². The van der Waals surface area contributed by atoms with Crippen LogP contribution in [-0.4, -0.2) is 128 Å². The Kier molecular flexibility index (Phi) is 15.1. The molecule has 3 saturated heterocycles. The van der Waals surface area contributed by atoms with Gasteiger partial charge in [-0.3, -0.25) is 14.6 Å². The second-order valence-electron chi connectivity index (χ2n) is 17.3. The van der Waals surface area contributed by atoms with Gasteiger partial charge in [-0.05, 0) is 71.9 Å². The van der Waals surface area contributed by atoms with Gasteiger partial charge in [0.2, 0.25) is 0 Å². The van der Waals surface area contributed by atoms with Gasteiger partial charge in [0.25, 0.3) is 5.67 Å². The minimum absolute atomic E-state index is 0.0131. The number of hydrogen-bond acceptors (Lipinski definition) is 13. The number of carbonyl (C=O) groups is 4. The summed E-state index contributed by atoms with van der Waals surface area (Å²) < 4.78 is 49.4. The van der Waals surface area contributed by atoms with Gasteiger partial charge in [-0.15, -0.1) is 6.58 Å². The number of nitrogens with one attached hydrogen (secondary N) is 1. The average molecular weight is 842 g/mol. The van der Waals surface area contributed by atoms with E-state index in [2.05, 4.69) is 21.9 Å². The van der Waals surface area contributed by atoms with Gasteiger partial charge in [0.15, 0.2) is 17.7 Å². The number of aliphatic hydroxyl groups is 1. The Balaban J connectivity index is 1.45. The molecule has 5 rings (SSSR count). The number of carbonyl (C=O) groups excluding carboxylic acids is 4. The number of aromatic nitrogens is 3. The number of pyridine rings is 1. The van der Waals surface area contributed by atoms with Crippen molar-refractivity contribution in [2.24, 2.45) is 17.8 Å². The van der Waals surface area contributed by atoms with Crippen LogP contribution in [-0.2, 0) is 44.6 Å². The van der Waals surface area contributed by atoms with Crippen LogP contribution in [0.2, 0.25) is 0 Å². The quantitative estimate of drug-likeness (QED) is 0.116. The third-order valence-electron chi connectivity index (χ3n) is 12.7. The number of imidazole rings is 1. The first-order valence-corrected chi connectivity index (χ1v) is 21.1.